The molecule has 2 fully saturated rings. The lowest BCUT2D eigenvalue weighted by molar-refractivity contribution is -0.275. The quantitative estimate of drug-likeness (QED) is 0.153. The topological polar surface area (TPSA) is 72.1 Å². The third-order valence-electron chi connectivity index (χ3n) is 7.15. The first-order chi connectivity index (χ1) is 20.3. The molecule has 1 aliphatic carbocycles. The second kappa shape index (κ2) is 14.5. The Labute approximate surface area is 250 Å². The zero-order valence-corrected chi connectivity index (χ0v) is 24.0. The van der Waals surface area contributed by atoms with Crippen molar-refractivity contribution in [1.29, 1.82) is 0 Å². The minimum absolute atomic E-state index is 0.0826. The highest BCUT2D eigenvalue weighted by atomic mass is 32.1. The number of Topliss-reactive ketones (excluding diaryl/α,β-unsaturated/α-hetero) is 1. The highest BCUT2D eigenvalue weighted by Gasteiger charge is 2.34. The molecule has 1 aliphatic heterocycles. The molecule has 2 N–H and O–H groups in total. The fourth-order valence-electron chi connectivity index (χ4n) is 5.29. The largest absolute Gasteiger partial charge is 0.573 e. The molecule has 0 radical (unpaired) electrons. The van der Waals surface area contributed by atoms with Gasteiger partial charge in [-0.2, -0.15) is 0 Å². The first-order valence-corrected chi connectivity index (χ1v) is 14.5. The molecule has 0 spiro atoms. The highest BCUT2D eigenvalue weighted by Crippen LogP contribution is 2.33. The summed E-state index contributed by atoms with van der Waals surface area (Å²) in [5.74, 6) is -1.15. The van der Waals surface area contributed by atoms with Crippen molar-refractivity contribution in [1.82, 2.24) is 10.2 Å². The fourth-order valence-corrected chi connectivity index (χ4v) is 5.57. The van der Waals surface area contributed by atoms with Crippen LogP contribution in [0.3, 0.4) is 0 Å². The van der Waals surface area contributed by atoms with Gasteiger partial charge in [-0.3, -0.25) is 4.79 Å². The van der Waals surface area contributed by atoms with E-state index in [1.165, 1.54) is 42.8 Å². The zero-order chi connectivity index (χ0) is 31.0. The molecular weight excluding hydrogens is 600 g/mol. The number of carbonyl (C=O) groups is 1. The summed E-state index contributed by atoms with van der Waals surface area (Å²) < 4.78 is 90.7. The van der Waals surface area contributed by atoms with Crippen LogP contribution in [0, 0.1) is 0 Å². The van der Waals surface area contributed by atoms with Crippen LogP contribution < -0.4 is 24.8 Å². The number of nitrogens with zero attached hydrogens (tertiary/aromatic N) is 1. The van der Waals surface area contributed by atoms with Crippen LogP contribution in [0.1, 0.15) is 61.7 Å². The smallest absolute Gasteiger partial charge is 0.490 e. The molecule has 2 aromatic carbocycles. The van der Waals surface area contributed by atoms with Gasteiger partial charge in [0.05, 0.1) is 5.56 Å². The second-order valence-corrected chi connectivity index (χ2v) is 11.0. The van der Waals surface area contributed by atoms with Crippen molar-refractivity contribution in [3.05, 3.63) is 48.0 Å². The summed E-state index contributed by atoms with van der Waals surface area (Å²) in [6.07, 6.45) is -4.32. The molecule has 14 heteroatoms. The molecule has 1 saturated heterocycles. The van der Waals surface area contributed by atoms with Crippen molar-refractivity contribution in [3.63, 3.8) is 0 Å². The summed E-state index contributed by atoms with van der Waals surface area (Å²) in [4.78, 5) is 15.2. The van der Waals surface area contributed by atoms with E-state index in [2.05, 4.69) is 25.0 Å². The summed E-state index contributed by atoms with van der Waals surface area (Å²) in [6.45, 7) is 2.63. The number of carbonyl (C=O) groups excluding carboxylic acids is 1. The van der Waals surface area contributed by atoms with Gasteiger partial charge in [-0.15, -0.1) is 26.3 Å². The van der Waals surface area contributed by atoms with E-state index in [0.29, 0.717) is 37.9 Å². The van der Waals surface area contributed by atoms with Gasteiger partial charge in [-0.25, -0.2) is 0 Å². The number of alkyl halides is 6. The van der Waals surface area contributed by atoms with E-state index in [1.54, 1.807) is 0 Å². The number of hydrogen-bond acceptors (Lipinski definition) is 6. The number of nitrogens with one attached hydrogen (secondary N) is 2. The molecular formula is C29H33F6N3O4S. The highest BCUT2D eigenvalue weighted by molar-refractivity contribution is 7.80. The predicted molar refractivity (Wildman–Crippen MR) is 152 cm³/mol. The van der Waals surface area contributed by atoms with E-state index in [9.17, 15) is 31.1 Å². The van der Waals surface area contributed by atoms with E-state index < -0.39 is 24.3 Å². The van der Waals surface area contributed by atoms with Crippen LogP contribution >= 0.6 is 12.2 Å². The molecule has 0 amide bonds. The summed E-state index contributed by atoms with van der Waals surface area (Å²) in [7, 11) is 0. The molecule has 236 valence electrons. The Balaban J connectivity index is 1.31. The summed E-state index contributed by atoms with van der Waals surface area (Å²) >= 11 is 5.30. The molecule has 0 aromatic heterocycles. The van der Waals surface area contributed by atoms with Crippen LogP contribution in [0.2, 0.25) is 0 Å². The standard InChI is InChI=1S/C29H33F6N3O4S/c30-28(31,32)41-23-7-4-6-19(17-23)36-27(43)37-20-9-10-21(16-20)40-22-11-12-26(42-29(33,34)35)24(18-22)25(39)8-5-15-38-13-2-1-3-14-38/h4,6-7,11-12,17-18,20-21H,1-3,5,8-10,13-16H2,(H2,36,37,43). The molecule has 2 aliphatic rings. The van der Waals surface area contributed by atoms with Crippen molar-refractivity contribution >= 4 is 28.8 Å². The number of anilines is 1. The molecule has 2 atom stereocenters. The van der Waals surface area contributed by atoms with Crippen molar-refractivity contribution in [2.45, 2.75) is 76.2 Å². The van der Waals surface area contributed by atoms with Crippen molar-refractivity contribution in [2.24, 2.45) is 0 Å². The average Bonchev–Trinajstić information content (AvgIpc) is 3.34. The SMILES string of the molecule is O=C(CCCN1CCCCC1)c1cc(OC2CCC(NC(=S)Nc3cccc(OC(F)(F)F)c3)C2)ccc1OC(F)(F)F. The molecule has 7 nitrogen and oxygen atoms in total. The molecule has 43 heavy (non-hydrogen) atoms. The Morgan fingerprint density at radius 3 is 2.40 bits per heavy atom. The van der Waals surface area contributed by atoms with Gasteiger partial charge < -0.3 is 29.7 Å². The second-order valence-electron chi connectivity index (χ2n) is 10.6. The van der Waals surface area contributed by atoms with Crippen LogP contribution in [0.15, 0.2) is 42.5 Å². The lowest BCUT2D eigenvalue weighted by Gasteiger charge is -2.26. The lowest BCUT2D eigenvalue weighted by Crippen LogP contribution is -2.36. The normalized spacial score (nSPS) is 19.5. The van der Waals surface area contributed by atoms with Crippen LogP contribution in [-0.2, 0) is 0 Å². The maximum Gasteiger partial charge on any atom is 0.573 e. The lowest BCUT2D eigenvalue weighted by atomic mass is 10.0. The third kappa shape index (κ3) is 11.1. The van der Waals surface area contributed by atoms with Gasteiger partial charge >= 0.3 is 12.7 Å². The monoisotopic (exact) mass is 633 g/mol. The van der Waals surface area contributed by atoms with E-state index in [1.807, 2.05) is 0 Å². The number of likely N-dealkylation sites (tertiary alicyclic amines) is 1. The zero-order valence-electron chi connectivity index (χ0n) is 23.2. The molecule has 1 saturated carbocycles. The minimum atomic E-state index is -4.95. The first-order valence-electron chi connectivity index (χ1n) is 14.1. The number of hydrogen-bond donors (Lipinski definition) is 2. The minimum Gasteiger partial charge on any atom is -0.490 e. The first kappa shape index (κ1) is 32.6. The summed E-state index contributed by atoms with van der Waals surface area (Å²) in [5, 5.41) is 6.12. The third-order valence-corrected chi connectivity index (χ3v) is 7.37. The van der Waals surface area contributed by atoms with Gasteiger partial charge in [0.15, 0.2) is 10.9 Å². The predicted octanol–water partition coefficient (Wildman–Crippen LogP) is 7.22. The van der Waals surface area contributed by atoms with E-state index >= 15 is 0 Å². The van der Waals surface area contributed by atoms with Gasteiger partial charge in [-0.05, 0) is 94.3 Å². The molecule has 2 unspecified atom stereocenters. The summed E-state index contributed by atoms with van der Waals surface area (Å²) in [5.41, 5.74) is 0.127. The number of thiocarbonyl (C=S) groups is 1. The maximum absolute atomic E-state index is 13.0. The number of rotatable bonds is 11. The maximum atomic E-state index is 13.0. The number of ketones is 1. The van der Waals surface area contributed by atoms with Crippen LogP contribution in [-0.4, -0.2) is 60.3 Å². The van der Waals surface area contributed by atoms with Gasteiger partial charge in [-0.1, -0.05) is 12.5 Å². The fraction of sp³-hybridized carbons (Fsp3) is 0.517. The number of benzene rings is 2. The van der Waals surface area contributed by atoms with Gasteiger partial charge in [0, 0.05) is 30.6 Å². The number of halogens is 6. The van der Waals surface area contributed by atoms with Crippen molar-refractivity contribution in [2.75, 3.05) is 25.0 Å². The Hall–Kier alpha value is -3.26. The Kier molecular flexibility index (Phi) is 11.0. The molecule has 1 heterocycles. The van der Waals surface area contributed by atoms with Gasteiger partial charge in [0.1, 0.15) is 23.4 Å². The van der Waals surface area contributed by atoms with E-state index in [0.717, 1.165) is 32.0 Å². The van der Waals surface area contributed by atoms with E-state index in [4.69, 9.17) is 17.0 Å². The molecule has 2 aromatic rings. The average molecular weight is 634 g/mol. The van der Waals surface area contributed by atoms with Crippen LogP contribution in [0.4, 0.5) is 32.0 Å². The Bertz CT molecular complexity index is 1250. The van der Waals surface area contributed by atoms with Crippen LogP contribution in [0.25, 0.3) is 0 Å². The Morgan fingerprint density at radius 2 is 1.67 bits per heavy atom. The van der Waals surface area contributed by atoms with E-state index in [-0.39, 0.29) is 40.7 Å². The number of piperidine rings is 1. The van der Waals surface area contributed by atoms with Gasteiger partial charge in [0.25, 0.3) is 0 Å². The van der Waals surface area contributed by atoms with Crippen LogP contribution in [0.5, 0.6) is 17.2 Å². The van der Waals surface area contributed by atoms with Crippen molar-refractivity contribution < 1.29 is 45.3 Å². The molecule has 4 rings (SSSR count). The summed E-state index contributed by atoms with van der Waals surface area (Å²) in [6, 6.07) is 8.89. The molecule has 0 bridgehead atoms. The number of ether oxygens (including phenoxy) is 3. The van der Waals surface area contributed by atoms with Crippen molar-refractivity contribution in [3.8, 4) is 17.2 Å². The Morgan fingerprint density at radius 1 is 0.930 bits per heavy atom. The van der Waals surface area contributed by atoms with Gasteiger partial charge in [0.2, 0.25) is 0 Å².